The standard InChI is InChI=1S/C23H14N4O5/c28-20-18-7-3-4-8-19(18)24-25-26(20)13-32-23(31)14-9-11-15(12-10-14)27-21(29)16-5-1-2-6-17(16)22(27)30/h1-12H,13H2. The van der Waals surface area contributed by atoms with Crippen LogP contribution in [0.3, 0.4) is 0 Å². The van der Waals surface area contributed by atoms with E-state index >= 15 is 0 Å². The lowest BCUT2D eigenvalue weighted by atomic mass is 10.1. The van der Waals surface area contributed by atoms with Gasteiger partial charge >= 0.3 is 5.97 Å². The zero-order valence-electron chi connectivity index (χ0n) is 16.5. The van der Waals surface area contributed by atoms with E-state index in [0.717, 1.165) is 9.58 Å². The molecule has 0 unspecified atom stereocenters. The average molecular weight is 426 g/mol. The highest BCUT2D eigenvalue weighted by Gasteiger charge is 2.36. The minimum atomic E-state index is -0.694. The molecule has 156 valence electrons. The fraction of sp³-hybridized carbons (Fsp3) is 0.0435. The van der Waals surface area contributed by atoms with Crippen LogP contribution in [0.4, 0.5) is 5.69 Å². The Hall–Kier alpha value is -4.66. The van der Waals surface area contributed by atoms with Gasteiger partial charge in [0.15, 0.2) is 6.73 Å². The van der Waals surface area contributed by atoms with Crippen LogP contribution >= 0.6 is 0 Å². The van der Waals surface area contributed by atoms with Crippen LogP contribution in [-0.2, 0) is 11.5 Å². The van der Waals surface area contributed by atoms with Gasteiger partial charge in [-0.15, -0.1) is 5.10 Å². The number of carbonyl (C=O) groups excluding carboxylic acids is 3. The summed E-state index contributed by atoms with van der Waals surface area (Å²) in [4.78, 5) is 51.0. The molecule has 0 bridgehead atoms. The minimum Gasteiger partial charge on any atom is -0.439 e. The third-order valence-corrected chi connectivity index (χ3v) is 5.10. The molecule has 0 spiro atoms. The number of ether oxygens (including phenoxy) is 1. The van der Waals surface area contributed by atoms with Gasteiger partial charge in [-0.2, -0.15) is 4.68 Å². The number of anilines is 1. The van der Waals surface area contributed by atoms with Crippen LogP contribution in [0.25, 0.3) is 10.9 Å². The zero-order valence-corrected chi connectivity index (χ0v) is 16.5. The number of rotatable bonds is 4. The summed E-state index contributed by atoms with van der Waals surface area (Å²) in [6, 6.07) is 19.2. The molecular weight excluding hydrogens is 412 g/mol. The Balaban J connectivity index is 1.31. The summed E-state index contributed by atoms with van der Waals surface area (Å²) in [5.41, 5.74) is 1.22. The van der Waals surface area contributed by atoms with Crippen molar-refractivity contribution in [2.24, 2.45) is 0 Å². The Labute approximate surface area is 180 Å². The van der Waals surface area contributed by atoms with Gasteiger partial charge in [0.1, 0.15) is 5.52 Å². The lowest BCUT2D eigenvalue weighted by Crippen LogP contribution is -2.29. The number of hydrogen-bond acceptors (Lipinski definition) is 7. The molecule has 1 aromatic heterocycles. The normalized spacial score (nSPS) is 12.8. The molecule has 2 heterocycles. The van der Waals surface area contributed by atoms with Gasteiger partial charge in [0.25, 0.3) is 17.4 Å². The average Bonchev–Trinajstić information content (AvgIpc) is 3.09. The van der Waals surface area contributed by atoms with E-state index < -0.39 is 30.1 Å². The number of benzene rings is 3. The molecule has 2 amide bonds. The Morgan fingerprint density at radius 2 is 1.44 bits per heavy atom. The Morgan fingerprint density at radius 3 is 2.12 bits per heavy atom. The van der Waals surface area contributed by atoms with Crippen LogP contribution in [-0.4, -0.2) is 32.8 Å². The summed E-state index contributed by atoms with van der Waals surface area (Å²) >= 11 is 0. The number of aromatic nitrogens is 3. The highest BCUT2D eigenvalue weighted by atomic mass is 16.5. The number of hydrogen-bond donors (Lipinski definition) is 0. The Bertz CT molecular complexity index is 1420. The van der Waals surface area contributed by atoms with Crippen molar-refractivity contribution in [2.45, 2.75) is 6.73 Å². The van der Waals surface area contributed by atoms with Crippen molar-refractivity contribution in [1.29, 1.82) is 0 Å². The van der Waals surface area contributed by atoms with Gasteiger partial charge < -0.3 is 4.74 Å². The smallest absolute Gasteiger partial charge is 0.339 e. The SMILES string of the molecule is O=C(OCn1nnc2ccccc2c1=O)c1ccc(N2C(=O)c3ccccc3C2=O)cc1. The first-order valence-corrected chi connectivity index (χ1v) is 9.62. The fourth-order valence-corrected chi connectivity index (χ4v) is 3.48. The molecule has 0 atom stereocenters. The Kier molecular flexibility index (Phi) is 4.55. The lowest BCUT2D eigenvalue weighted by Gasteiger charge is -2.14. The monoisotopic (exact) mass is 426 g/mol. The van der Waals surface area contributed by atoms with E-state index in [-0.39, 0.29) is 5.56 Å². The molecule has 0 saturated heterocycles. The summed E-state index contributed by atoms with van der Waals surface area (Å²) in [7, 11) is 0. The number of esters is 1. The van der Waals surface area contributed by atoms with E-state index in [9.17, 15) is 19.2 Å². The maximum Gasteiger partial charge on any atom is 0.339 e. The van der Waals surface area contributed by atoms with Crippen LogP contribution < -0.4 is 10.5 Å². The second-order valence-corrected chi connectivity index (χ2v) is 7.01. The van der Waals surface area contributed by atoms with E-state index in [1.165, 1.54) is 24.3 Å². The molecule has 9 heteroatoms. The van der Waals surface area contributed by atoms with Crippen LogP contribution in [0.1, 0.15) is 31.1 Å². The van der Waals surface area contributed by atoms with Crippen molar-refractivity contribution in [1.82, 2.24) is 15.0 Å². The van der Waals surface area contributed by atoms with Crippen molar-refractivity contribution in [2.75, 3.05) is 4.90 Å². The molecule has 0 aliphatic carbocycles. The highest BCUT2D eigenvalue weighted by Crippen LogP contribution is 2.28. The predicted molar refractivity (Wildman–Crippen MR) is 113 cm³/mol. The summed E-state index contributed by atoms with van der Waals surface area (Å²) in [6.45, 7) is -0.407. The van der Waals surface area contributed by atoms with E-state index in [4.69, 9.17) is 4.74 Å². The molecule has 3 aromatic carbocycles. The number of nitrogens with zero attached hydrogens (tertiary/aromatic N) is 4. The fourth-order valence-electron chi connectivity index (χ4n) is 3.48. The first-order chi connectivity index (χ1) is 15.5. The van der Waals surface area contributed by atoms with Crippen LogP contribution in [0, 0.1) is 0 Å². The van der Waals surface area contributed by atoms with Crippen LogP contribution in [0.15, 0.2) is 77.6 Å². The van der Waals surface area contributed by atoms with Gasteiger partial charge in [-0.05, 0) is 48.5 Å². The largest absolute Gasteiger partial charge is 0.439 e. The molecule has 0 radical (unpaired) electrons. The second kappa shape index (κ2) is 7.55. The molecule has 4 aromatic rings. The van der Waals surface area contributed by atoms with E-state index in [1.54, 1.807) is 48.5 Å². The quantitative estimate of drug-likeness (QED) is 0.364. The molecule has 5 rings (SSSR count). The number of fused-ring (bicyclic) bond motifs is 2. The van der Waals surface area contributed by atoms with Crippen LogP contribution in [0.5, 0.6) is 0 Å². The molecule has 32 heavy (non-hydrogen) atoms. The topological polar surface area (TPSA) is 111 Å². The summed E-state index contributed by atoms with van der Waals surface area (Å²) in [5.74, 6) is -1.54. The third-order valence-electron chi connectivity index (χ3n) is 5.10. The first-order valence-electron chi connectivity index (χ1n) is 9.62. The first kappa shape index (κ1) is 19.3. The Morgan fingerprint density at radius 1 is 0.812 bits per heavy atom. The number of amides is 2. The highest BCUT2D eigenvalue weighted by molar-refractivity contribution is 6.34. The van der Waals surface area contributed by atoms with E-state index in [1.807, 2.05) is 0 Å². The maximum absolute atomic E-state index is 12.6. The van der Waals surface area contributed by atoms with Crippen molar-refractivity contribution < 1.29 is 19.1 Å². The van der Waals surface area contributed by atoms with Gasteiger partial charge in [0.2, 0.25) is 0 Å². The van der Waals surface area contributed by atoms with Gasteiger partial charge in [0, 0.05) is 0 Å². The number of imide groups is 1. The molecule has 1 aliphatic heterocycles. The van der Waals surface area contributed by atoms with Gasteiger partial charge in [-0.25, -0.2) is 9.69 Å². The maximum atomic E-state index is 12.6. The molecule has 9 nitrogen and oxygen atoms in total. The summed E-state index contributed by atoms with van der Waals surface area (Å²) < 4.78 is 6.13. The lowest BCUT2D eigenvalue weighted by molar-refractivity contribution is 0.0336. The minimum absolute atomic E-state index is 0.187. The van der Waals surface area contributed by atoms with Crippen molar-refractivity contribution in [3.8, 4) is 0 Å². The van der Waals surface area contributed by atoms with Gasteiger partial charge in [0.05, 0.1) is 27.8 Å². The predicted octanol–water partition coefficient (Wildman–Crippen LogP) is 2.41. The zero-order chi connectivity index (χ0) is 22.2. The molecule has 1 aliphatic rings. The molecule has 0 fully saturated rings. The molecule has 0 N–H and O–H groups in total. The second-order valence-electron chi connectivity index (χ2n) is 7.01. The van der Waals surface area contributed by atoms with Gasteiger partial charge in [-0.3, -0.25) is 14.4 Å². The van der Waals surface area contributed by atoms with Crippen molar-refractivity contribution in [3.05, 3.63) is 99.8 Å². The van der Waals surface area contributed by atoms with Gasteiger partial charge in [-0.1, -0.05) is 29.5 Å². The number of carbonyl (C=O) groups is 3. The molecular formula is C23H14N4O5. The van der Waals surface area contributed by atoms with Crippen molar-refractivity contribution >= 4 is 34.4 Å². The summed E-state index contributed by atoms with van der Waals surface area (Å²) in [6.07, 6.45) is 0. The van der Waals surface area contributed by atoms with E-state index in [0.29, 0.717) is 27.7 Å². The van der Waals surface area contributed by atoms with Crippen LogP contribution in [0.2, 0.25) is 0 Å². The van der Waals surface area contributed by atoms with E-state index in [2.05, 4.69) is 10.3 Å². The summed E-state index contributed by atoms with van der Waals surface area (Å²) in [5, 5.41) is 8.07. The molecule has 0 saturated carbocycles. The van der Waals surface area contributed by atoms with Crippen molar-refractivity contribution in [3.63, 3.8) is 0 Å². The third kappa shape index (κ3) is 3.12.